The molecule has 101 heavy (non-hydrogen) atoms. The molecule has 6 aromatic carbocycles. The minimum atomic E-state index is -0.657. The van der Waals surface area contributed by atoms with Crippen LogP contribution in [0, 0.1) is 70.3 Å². The van der Waals surface area contributed by atoms with Crippen LogP contribution in [0.4, 0.5) is 8.78 Å². The molecule has 5 N–H and O–H groups in total. The van der Waals surface area contributed by atoms with Crippen LogP contribution in [0.3, 0.4) is 0 Å². The molecule has 15 rings (SSSR count). The summed E-state index contributed by atoms with van der Waals surface area (Å²) in [5, 5.41) is 73.5. The van der Waals surface area contributed by atoms with Crippen molar-refractivity contribution in [1.29, 1.82) is 0 Å². The Bertz CT molecular complexity index is 4200. The van der Waals surface area contributed by atoms with Crippen LogP contribution in [-0.2, 0) is 39.2 Å². The maximum Gasteiger partial charge on any atom is 0.160 e. The quantitative estimate of drug-likeness (QED) is 0.0505. The standard InChI is InChI=1S/C27H30F2N2O4.C27H32N2O4.C27H33NO5/c1-27-7-6-18-19-13-25(33-2)24(32)12-21(19)23(11-20(18)22(27)4-5-26(27)31-34-3)30-35-14-15-8-16(28)10-17(29)9-15;1-16-4-6-17(7-5-16)15-33-29-23-12-20-18(19-14-25(32-3)24(30)13-21(19)23)10-11-27(2)22(20)8-9-26(27)28-31;1-27-10-9-18-19-14-25(32-3)24(29)13-21(19)23(12-20(18)22(27)7-8-26(27)30)28-33-15-16-5-4-6-17(11-16)31-2/h8-10,12-13,18,20,22,32H,4-7,11,14H2,1-3H3;4-7,13-14,18,20,22,30-31H,8-12,15H2,1-3H3;4-6,11,13-14,18,20,22,26,29-30H,7-10,12,15H2,1-3H3/b30-23+,31-26+;28-26+,29-23+;28-23+/t2*18-,20-,22+,27+;18-,20-,22+,26+,27+/m111/s1. The van der Waals surface area contributed by atoms with E-state index < -0.39 is 11.6 Å². The van der Waals surface area contributed by atoms with E-state index in [9.17, 15) is 34.4 Å². The van der Waals surface area contributed by atoms with Gasteiger partial charge in [-0.05, 0) is 256 Å². The lowest BCUT2D eigenvalue weighted by Gasteiger charge is -2.50. The Hall–Kier alpha value is -8.91. The zero-order valence-electron chi connectivity index (χ0n) is 59.3. The number of nitrogens with zero attached hydrogens (tertiary/aromatic N) is 5. The Morgan fingerprint density at radius 1 is 0.465 bits per heavy atom. The molecule has 9 aliphatic carbocycles. The number of ether oxygens (including phenoxy) is 4. The lowest BCUT2D eigenvalue weighted by Crippen LogP contribution is -2.45. The summed E-state index contributed by atoms with van der Waals surface area (Å²) in [5.74, 6) is 4.57. The summed E-state index contributed by atoms with van der Waals surface area (Å²) >= 11 is 0. The van der Waals surface area contributed by atoms with Gasteiger partial charge in [0, 0.05) is 33.6 Å². The number of fused-ring (bicyclic) bond motifs is 15. The Kier molecular flexibility index (Phi) is 20.4. The van der Waals surface area contributed by atoms with Crippen molar-refractivity contribution in [2.75, 3.05) is 35.5 Å². The molecule has 0 amide bonds. The largest absolute Gasteiger partial charge is 0.504 e. The second kappa shape index (κ2) is 29.2. The first kappa shape index (κ1) is 70.5. The average Bonchev–Trinajstić information content (AvgIpc) is 1.57. The predicted molar refractivity (Wildman–Crippen MR) is 381 cm³/mol. The van der Waals surface area contributed by atoms with Gasteiger partial charge in [-0.15, -0.1) is 0 Å². The minimum absolute atomic E-state index is 0.0270. The van der Waals surface area contributed by atoms with E-state index in [1.807, 2.05) is 42.5 Å². The number of phenols is 3. The summed E-state index contributed by atoms with van der Waals surface area (Å²) < 4.78 is 48.7. The van der Waals surface area contributed by atoms with Gasteiger partial charge in [-0.3, -0.25) is 0 Å². The van der Waals surface area contributed by atoms with Gasteiger partial charge in [-0.1, -0.05) is 88.5 Å². The number of aliphatic hydroxyl groups excluding tert-OH is 1. The fraction of sp³-hybridized carbons (Fsp3) is 0.494. The summed E-state index contributed by atoms with van der Waals surface area (Å²) in [6.45, 7) is 9.55. The van der Waals surface area contributed by atoms with Gasteiger partial charge in [0.25, 0.3) is 0 Å². The molecule has 6 aromatic rings. The number of aliphatic hydroxyl groups is 1. The molecule has 6 saturated carbocycles. The number of benzene rings is 6. The molecule has 6 fully saturated rings. The number of hydrogen-bond acceptors (Lipinski definition) is 18. The highest BCUT2D eigenvalue weighted by molar-refractivity contribution is 6.05. The number of aryl methyl sites for hydroxylation is 1. The first-order chi connectivity index (χ1) is 48.7. The van der Waals surface area contributed by atoms with Crippen molar-refractivity contribution in [3.63, 3.8) is 0 Å². The van der Waals surface area contributed by atoms with E-state index >= 15 is 0 Å². The second-order valence-corrected chi connectivity index (χ2v) is 30.0. The Balaban J connectivity index is 0.000000136. The molecule has 0 saturated heterocycles. The van der Waals surface area contributed by atoms with Gasteiger partial charge >= 0.3 is 0 Å². The van der Waals surface area contributed by atoms with Crippen molar-refractivity contribution in [3.8, 4) is 40.2 Å². The maximum absolute atomic E-state index is 13.6. The lowest BCUT2D eigenvalue weighted by molar-refractivity contribution is -0.0180. The highest BCUT2D eigenvalue weighted by Crippen LogP contribution is 2.64. The highest BCUT2D eigenvalue weighted by atomic mass is 19.1. The van der Waals surface area contributed by atoms with Crippen LogP contribution in [0.5, 0.6) is 40.2 Å². The first-order valence-corrected chi connectivity index (χ1v) is 35.7. The molecule has 20 heteroatoms. The molecular weight excluding hydrogens is 1290 g/mol. The number of oxime groups is 5. The van der Waals surface area contributed by atoms with E-state index in [1.165, 1.54) is 28.8 Å². The number of halogens is 2. The van der Waals surface area contributed by atoms with Crippen molar-refractivity contribution in [2.24, 2.45) is 77.5 Å². The van der Waals surface area contributed by atoms with Crippen LogP contribution in [0.1, 0.15) is 190 Å². The molecular formula is C81H95F2N5O13. The zero-order valence-corrected chi connectivity index (χ0v) is 59.3. The molecule has 0 heterocycles. The lowest BCUT2D eigenvalue weighted by atomic mass is 9.55. The average molecular weight is 1380 g/mol. The van der Waals surface area contributed by atoms with Crippen LogP contribution < -0.4 is 18.9 Å². The third-order valence-corrected chi connectivity index (χ3v) is 24.9. The van der Waals surface area contributed by atoms with Gasteiger partial charge in [-0.25, -0.2) is 8.78 Å². The molecule has 0 unspecified atom stereocenters. The van der Waals surface area contributed by atoms with E-state index in [1.54, 1.807) is 53.7 Å². The third kappa shape index (κ3) is 13.5. The summed E-state index contributed by atoms with van der Waals surface area (Å²) in [7, 11) is 7.95. The van der Waals surface area contributed by atoms with E-state index in [2.05, 4.69) is 77.7 Å². The number of methoxy groups -OCH3 is 4. The summed E-state index contributed by atoms with van der Waals surface area (Å²) in [4.78, 5) is 22.4. The molecule has 0 aliphatic heterocycles. The van der Waals surface area contributed by atoms with Gasteiger partial charge in [0.15, 0.2) is 34.5 Å². The molecule has 0 radical (unpaired) electrons. The number of rotatable bonds is 14. The van der Waals surface area contributed by atoms with Gasteiger partial charge in [0.2, 0.25) is 0 Å². The van der Waals surface area contributed by atoms with E-state index in [0.29, 0.717) is 95.7 Å². The van der Waals surface area contributed by atoms with Gasteiger partial charge in [0.1, 0.15) is 44.3 Å². The van der Waals surface area contributed by atoms with Crippen molar-refractivity contribution in [2.45, 2.75) is 168 Å². The van der Waals surface area contributed by atoms with Crippen LogP contribution in [0.25, 0.3) is 0 Å². The molecule has 0 bridgehead atoms. The third-order valence-electron chi connectivity index (χ3n) is 24.9. The fourth-order valence-electron chi connectivity index (χ4n) is 19.7. The van der Waals surface area contributed by atoms with Crippen molar-refractivity contribution in [1.82, 2.24) is 0 Å². The van der Waals surface area contributed by atoms with Crippen LogP contribution in [0.15, 0.2) is 129 Å². The van der Waals surface area contributed by atoms with Crippen LogP contribution in [-0.4, -0.2) is 95.8 Å². The molecule has 13 atom stereocenters. The normalized spacial score (nSPS) is 30.5. The predicted octanol–water partition coefficient (Wildman–Crippen LogP) is 16.7. The van der Waals surface area contributed by atoms with Gasteiger partial charge < -0.3 is 63.9 Å². The SMILES string of the molecule is CO/N=C1\CC[C@H]2[C@@H]3C/C(=N\OCc4cc(F)cc(F)c4)c4cc(O)c(OC)cc4[C@H]3CC[C@]12C.COc1cc2c(cc1O)/C(=N/OCc1ccc(C)cc1)C[C@@H]1[C@@H]2CC[C@]2(C)/C(=N/O)CC[C@@H]12.COc1cccc(CO/N=C2\C[C@@H]3[C@H](CC[C@]4(C)[C@@H](O)CC[C@@H]34)c3cc(OC)c(O)cc32)c1. The van der Waals surface area contributed by atoms with E-state index in [-0.39, 0.29) is 46.2 Å². The highest BCUT2D eigenvalue weighted by Gasteiger charge is 2.58. The Morgan fingerprint density at radius 2 is 0.921 bits per heavy atom. The zero-order chi connectivity index (χ0) is 71.1. The summed E-state index contributed by atoms with van der Waals surface area (Å²) in [6.07, 6.45) is 13.8. The molecule has 0 aromatic heterocycles. The number of aromatic hydroxyl groups is 3. The smallest absolute Gasteiger partial charge is 0.160 e. The van der Waals surface area contributed by atoms with Crippen molar-refractivity contribution < 1.29 is 72.7 Å². The van der Waals surface area contributed by atoms with Crippen LogP contribution in [0.2, 0.25) is 0 Å². The topological polar surface area (TPSA) is 237 Å². The second-order valence-electron chi connectivity index (χ2n) is 30.0. The van der Waals surface area contributed by atoms with Gasteiger partial charge in [-0.2, -0.15) is 0 Å². The fourth-order valence-corrected chi connectivity index (χ4v) is 19.7. The summed E-state index contributed by atoms with van der Waals surface area (Å²) in [6, 6.07) is 30.4. The number of hydrogen-bond donors (Lipinski definition) is 5. The van der Waals surface area contributed by atoms with E-state index in [0.717, 1.165) is 164 Å². The minimum Gasteiger partial charge on any atom is -0.504 e. The Labute approximate surface area is 590 Å². The monoisotopic (exact) mass is 1380 g/mol. The van der Waals surface area contributed by atoms with Crippen molar-refractivity contribution >= 4 is 28.6 Å². The number of phenolic OH excluding ortho intramolecular Hbond substituents is 3. The first-order valence-electron chi connectivity index (χ1n) is 35.7. The molecule has 9 aliphatic rings. The van der Waals surface area contributed by atoms with E-state index in [4.69, 9.17) is 38.3 Å². The molecule has 536 valence electrons. The maximum atomic E-state index is 13.6. The molecule has 18 nitrogen and oxygen atoms in total. The molecule has 0 spiro atoms. The summed E-state index contributed by atoms with van der Waals surface area (Å²) in [5.41, 5.74) is 14.2. The van der Waals surface area contributed by atoms with Crippen molar-refractivity contribution in [3.05, 3.63) is 170 Å². The van der Waals surface area contributed by atoms with Crippen LogP contribution >= 0.6 is 0 Å². The van der Waals surface area contributed by atoms with Gasteiger partial charge in [0.05, 0.1) is 63.1 Å². The Morgan fingerprint density at radius 3 is 1.40 bits per heavy atom.